The molecule has 0 radical (unpaired) electrons. The van der Waals surface area contributed by atoms with Gasteiger partial charge in [0.15, 0.2) is 6.29 Å². The lowest BCUT2D eigenvalue weighted by molar-refractivity contribution is 0.112. The highest BCUT2D eigenvalue weighted by Crippen LogP contribution is 2.25. The summed E-state index contributed by atoms with van der Waals surface area (Å²) in [5.41, 5.74) is 2.14. The maximum Gasteiger partial charge on any atom is 0.170 e. The number of carbonyl (C=O) groups is 1. The lowest BCUT2D eigenvalue weighted by atomic mass is 10.2. The van der Waals surface area contributed by atoms with E-state index in [4.69, 9.17) is 4.74 Å². The smallest absolute Gasteiger partial charge is 0.170 e. The second kappa shape index (κ2) is 5.09. The topological polar surface area (TPSA) is 43.6 Å². The summed E-state index contributed by atoms with van der Waals surface area (Å²) >= 11 is 3.44. The first-order valence-corrected chi connectivity index (χ1v) is 6.79. The summed E-state index contributed by atoms with van der Waals surface area (Å²) in [5.74, 6) is 1.51. The van der Waals surface area contributed by atoms with Crippen molar-refractivity contribution >= 4 is 27.7 Å². The Kier molecular flexibility index (Phi) is 3.28. The van der Waals surface area contributed by atoms with Gasteiger partial charge in [-0.15, -0.1) is 0 Å². The maximum absolute atomic E-state index is 11.1. The number of methoxy groups -OCH3 is 1. The van der Waals surface area contributed by atoms with Gasteiger partial charge in [0.05, 0.1) is 12.6 Å². The molecule has 0 spiro atoms. The summed E-state index contributed by atoms with van der Waals surface area (Å²) in [4.78, 5) is 15.6. The van der Waals surface area contributed by atoms with Crippen LogP contribution in [-0.4, -0.2) is 22.8 Å². The molecule has 0 aliphatic rings. The van der Waals surface area contributed by atoms with Crippen molar-refractivity contribution in [2.45, 2.75) is 0 Å². The van der Waals surface area contributed by atoms with E-state index in [1.807, 2.05) is 47.0 Å². The quantitative estimate of drug-likeness (QED) is 0.689. The summed E-state index contributed by atoms with van der Waals surface area (Å²) in [6.07, 6.45) is 2.67. The number of aldehydes is 1. The molecule has 0 amide bonds. The van der Waals surface area contributed by atoms with Crippen LogP contribution in [0.3, 0.4) is 0 Å². The van der Waals surface area contributed by atoms with Crippen LogP contribution in [-0.2, 0) is 0 Å². The number of rotatable bonds is 3. The second-order valence-corrected chi connectivity index (χ2v) is 5.19. The first-order valence-electron chi connectivity index (χ1n) is 6.00. The fourth-order valence-corrected chi connectivity index (χ4v) is 2.45. The van der Waals surface area contributed by atoms with Crippen LogP contribution >= 0.6 is 15.9 Å². The molecular weight excluding hydrogens is 320 g/mol. The van der Waals surface area contributed by atoms with Crippen molar-refractivity contribution in [2.24, 2.45) is 0 Å². The molecule has 0 N–H and O–H groups in total. The Balaban J connectivity index is 2.23. The summed E-state index contributed by atoms with van der Waals surface area (Å²) in [7, 11) is 1.63. The number of nitrogens with zero attached hydrogens (tertiary/aromatic N) is 2. The van der Waals surface area contributed by atoms with E-state index in [1.54, 1.807) is 7.11 Å². The minimum Gasteiger partial charge on any atom is -0.497 e. The zero-order valence-electron chi connectivity index (χ0n) is 10.7. The standard InChI is InChI=1S/C15H11BrN2O2/c1-20-12-5-2-10(3-6-12)15-17-13(9-19)14-7-4-11(16)8-18(14)15/h2-9H,1H3. The van der Waals surface area contributed by atoms with Crippen LogP contribution in [0.2, 0.25) is 0 Å². The molecule has 0 saturated carbocycles. The number of aromatic nitrogens is 2. The Bertz CT molecular complexity index is 778. The highest BCUT2D eigenvalue weighted by molar-refractivity contribution is 9.10. The number of halogens is 1. The minimum atomic E-state index is 0.434. The molecule has 0 fully saturated rings. The van der Waals surface area contributed by atoms with Crippen LogP contribution < -0.4 is 4.74 Å². The molecule has 1 aromatic carbocycles. The molecule has 100 valence electrons. The minimum absolute atomic E-state index is 0.434. The van der Waals surface area contributed by atoms with Gasteiger partial charge in [0.25, 0.3) is 0 Å². The third-order valence-corrected chi connectivity index (χ3v) is 3.56. The average Bonchev–Trinajstić information content (AvgIpc) is 2.85. The van der Waals surface area contributed by atoms with E-state index in [0.29, 0.717) is 5.69 Å². The molecular formula is C15H11BrN2O2. The summed E-state index contributed by atoms with van der Waals surface area (Å²) in [6, 6.07) is 11.3. The van der Waals surface area contributed by atoms with E-state index in [9.17, 15) is 4.79 Å². The van der Waals surface area contributed by atoms with Gasteiger partial charge < -0.3 is 4.74 Å². The largest absolute Gasteiger partial charge is 0.497 e. The van der Waals surface area contributed by atoms with Crippen LogP contribution in [0.15, 0.2) is 47.1 Å². The van der Waals surface area contributed by atoms with Gasteiger partial charge in [-0.25, -0.2) is 4.98 Å². The number of ether oxygens (including phenoxy) is 1. The molecule has 0 unspecified atom stereocenters. The Hall–Kier alpha value is -2.14. The summed E-state index contributed by atoms with van der Waals surface area (Å²) < 4.78 is 7.97. The Morgan fingerprint density at radius 3 is 2.60 bits per heavy atom. The number of carbonyl (C=O) groups excluding carboxylic acids is 1. The van der Waals surface area contributed by atoms with E-state index < -0.39 is 0 Å². The fraction of sp³-hybridized carbons (Fsp3) is 0.0667. The molecule has 5 heteroatoms. The Labute approximate surface area is 124 Å². The molecule has 0 bridgehead atoms. The van der Waals surface area contributed by atoms with Crippen molar-refractivity contribution in [3.05, 3.63) is 52.8 Å². The zero-order valence-corrected chi connectivity index (χ0v) is 12.3. The van der Waals surface area contributed by atoms with Gasteiger partial charge in [-0.1, -0.05) is 0 Å². The van der Waals surface area contributed by atoms with Gasteiger partial charge in [0, 0.05) is 16.2 Å². The number of imidazole rings is 1. The van der Waals surface area contributed by atoms with Crippen molar-refractivity contribution in [2.75, 3.05) is 7.11 Å². The van der Waals surface area contributed by atoms with Gasteiger partial charge >= 0.3 is 0 Å². The molecule has 0 aliphatic heterocycles. The number of benzene rings is 1. The molecule has 2 aromatic heterocycles. The van der Waals surface area contributed by atoms with E-state index in [1.165, 1.54) is 0 Å². The molecule has 0 aliphatic carbocycles. The van der Waals surface area contributed by atoms with Crippen molar-refractivity contribution < 1.29 is 9.53 Å². The molecule has 2 heterocycles. The first-order chi connectivity index (χ1) is 9.72. The summed E-state index contributed by atoms with van der Waals surface area (Å²) in [6.45, 7) is 0. The van der Waals surface area contributed by atoms with Crippen molar-refractivity contribution in [1.29, 1.82) is 0 Å². The monoisotopic (exact) mass is 330 g/mol. The number of hydrogen-bond acceptors (Lipinski definition) is 3. The van der Waals surface area contributed by atoms with E-state index in [0.717, 1.165) is 33.4 Å². The molecule has 3 rings (SSSR count). The van der Waals surface area contributed by atoms with E-state index in [2.05, 4.69) is 20.9 Å². The van der Waals surface area contributed by atoms with Gasteiger partial charge in [0.2, 0.25) is 0 Å². The molecule has 0 saturated heterocycles. The van der Waals surface area contributed by atoms with Gasteiger partial charge in [-0.05, 0) is 52.3 Å². The van der Waals surface area contributed by atoms with E-state index >= 15 is 0 Å². The number of fused-ring (bicyclic) bond motifs is 1. The third-order valence-electron chi connectivity index (χ3n) is 3.09. The predicted molar refractivity (Wildman–Crippen MR) is 80.3 cm³/mol. The molecule has 20 heavy (non-hydrogen) atoms. The third kappa shape index (κ3) is 2.10. The van der Waals surface area contributed by atoms with Crippen molar-refractivity contribution in [1.82, 2.24) is 9.38 Å². The van der Waals surface area contributed by atoms with Crippen LogP contribution in [0.5, 0.6) is 5.75 Å². The first kappa shape index (κ1) is 12.9. The SMILES string of the molecule is COc1ccc(-c2nc(C=O)c3ccc(Br)cn23)cc1. The van der Waals surface area contributed by atoms with Crippen molar-refractivity contribution in [3.8, 4) is 17.1 Å². The maximum atomic E-state index is 11.1. The van der Waals surface area contributed by atoms with Gasteiger partial charge in [0.1, 0.15) is 17.3 Å². The second-order valence-electron chi connectivity index (χ2n) is 4.27. The average molecular weight is 331 g/mol. The zero-order chi connectivity index (χ0) is 14.1. The summed E-state index contributed by atoms with van der Waals surface area (Å²) in [5, 5.41) is 0. The van der Waals surface area contributed by atoms with Crippen LogP contribution in [0.4, 0.5) is 0 Å². The highest BCUT2D eigenvalue weighted by Gasteiger charge is 2.12. The lowest BCUT2D eigenvalue weighted by Gasteiger charge is -2.03. The van der Waals surface area contributed by atoms with Crippen LogP contribution in [0.1, 0.15) is 10.5 Å². The Morgan fingerprint density at radius 2 is 1.95 bits per heavy atom. The molecule has 4 nitrogen and oxygen atoms in total. The number of pyridine rings is 1. The predicted octanol–water partition coefficient (Wildman–Crippen LogP) is 3.58. The lowest BCUT2D eigenvalue weighted by Crippen LogP contribution is -1.89. The van der Waals surface area contributed by atoms with Crippen LogP contribution in [0, 0.1) is 0 Å². The Morgan fingerprint density at radius 1 is 1.20 bits per heavy atom. The van der Waals surface area contributed by atoms with Crippen LogP contribution in [0.25, 0.3) is 16.9 Å². The van der Waals surface area contributed by atoms with Gasteiger partial charge in [-0.2, -0.15) is 0 Å². The van der Waals surface area contributed by atoms with Gasteiger partial charge in [-0.3, -0.25) is 9.20 Å². The van der Waals surface area contributed by atoms with Crippen molar-refractivity contribution in [3.63, 3.8) is 0 Å². The number of hydrogen-bond donors (Lipinski definition) is 0. The molecule has 3 aromatic rings. The fourth-order valence-electron chi connectivity index (χ4n) is 2.11. The van der Waals surface area contributed by atoms with E-state index in [-0.39, 0.29) is 0 Å². The highest BCUT2D eigenvalue weighted by atomic mass is 79.9. The molecule has 0 atom stereocenters. The normalized spacial score (nSPS) is 10.7.